The Morgan fingerprint density at radius 3 is 2.29 bits per heavy atom. The molecule has 1 heterocycles. The molecule has 0 bridgehead atoms. The fraction of sp³-hybridized carbons (Fsp3) is 0.333. The quantitative estimate of drug-likeness (QED) is 0.750. The number of esters is 1. The van der Waals surface area contributed by atoms with Gasteiger partial charge in [0.15, 0.2) is 0 Å². The highest BCUT2D eigenvalue weighted by molar-refractivity contribution is 5.89. The molecule has 0 saturated carbocycles. The van der Waals surface area contributed by atoms with Crippen LogP contribution in [-0.4, -0.2) is 56.7 Å². The molecule has 28 heavy (non-hydrogen) atoms. The van der Waals surface area contributed by atoms with Crippen LogP contribution in [0.1, 0.15) is 5.56 Å². The number of nitrogens with zero attached hydrogens (tertiary/aromatic N) is 2. The Kier molecular flexibility index (Phi) is 6.86. The lowest BCUT2D eigenvalue weighted by molar-refractivity contribution is -0.142. The average Bonchev–Trinajstić information content (AvgIpc) is 2.74. The molecular formula is C21H26N4O3. The molecule has 1 fully saturated rings. The second kappa shape index (κ2) is 9.75. The van der Waals surface area contributed by atoms with Gasteiger partial charge in [-0.1, -0.05) is 30.3 Å². The summed E-state index contributed by atoms with van der Waals surface area (Å²) in [6.07, 6.45) is 0. The number of carbonyl (C=O) groups is 2. The summed E-state index contributed by atoms with van der Waals surface area (Å²) in [4.78, 5) is 27.8. The summed E-state index contributed by atoms with van der Waals surface area (Å²) in [6, 6.07) is 17.4. The van der Waals surface area contributed by atoms with E-state index in [1.807, 2.05) is 54.6 Å². The molecule has 7 heteroatoms. The minimum absolute atomic E-state index is 0.200. The van der Waals surface area contributed by atoms with E-state index in [0.29, 0.717) is 13.1 Å². The molecule has 1 saturated heterocycles. The van der Waals surface area contributed by atoms with Gasteiger partial charge >= 0.3 is 12.0 Å². The van der Waals surface area contributed by atoms with Crippen LogP contribution in [0, 0.1) is 0 Å². The monoisotopic (exact) mass is 382 g/mol. The molecule has 0 aromatic heterocycles. The number of carbonyl (C=O) groups excluding carboxylic acids is 2. The number of nitrogens with one attached hydrogen (secondary N) is 2. The van der Waals surface area contributed by atoms with Crippen LogP contribution in [0.25, 0.3) is 0 Å². The predicted molar refractivity (Wildman–Crippen MR) is 109 cm³/mol. The van der Waals surface area contributed by atoms with Gasteiger partial charge in [-0.2, -0.15) is 0 Å². The van der Waals surface area contributed by atoms with Crippen molar-refractivity contribution >= 4 is 23.4 Å². The smallest absolute Gasteiger partial charge is 0.319 e. The first-order valence-electron chi connectivity index (χ1n) is 9.37. The zero-order valence-electron chi connectivity index (χ0n) is 16.1. The molecule has 2 aromatic carbocycles. The zero-order chi connectivity index (χ0) is 19.8. The summed E-state index contributed by atoms with van der Waals surface area (Å²) in [6.45, 7) is 4.16. The van der Waals surface area contributed by atoms with Gasteiger partial charge < -0.3 is 20.3 Å². The number of amides is 2. The van der Waals surface area contributed by atoms with Crippen molar-refractivity contribution in [3.63, 3.8) is 0 Å². The van der Waals surface area contributed by atoms with Gasteiger partial charge in [-0.3, -0.25) is 9.69 Å². The molecule has 0 radical (unpaired) electrons. The summed E-state index contributed by atoms with van der Waals surface area (Å²) >= 11 is 0. The van der Waals surface area contributed by atoms with Crippen molar-refractivity contribution in [1.29, 1.82) is 0 Å². The minimum atomic E-state index is -0.229. The van der Waals surface area contributed by atoms with E-state index in [1.165, 1.54) is 7.11 Å². The lowest BCUT2D eigenvalue weighted by Crippen LogP contribution is -2.48. The Balaban J connectivity index is 1.45. The highest BCUT2D eigenvalue weighted by Gasteiger charge is 2.19. The van der Waals surface area contributed by atoms with Crippen molar-refractivity contribution in [1.82, 2.24) is 10.2 Å². The topological polar surface area (TPSA) is 73.9 Å². The zero-order valence-corrected chi connectivity index (χ0v) is 16.1. The fourth-order valence-electron chi connectivity index (χ4n) is 3.12. The molecule has 3 rings (SSSR count). The van der Waals surface area contributed by atoms with E-state index in [-0.39, 0.29) is 12.0 Å². The van der Waals surface area contributed by atoms with Crippen molar-refractivity contribution in [2.24, 2.45) is 0 Å². The van der Waals surface area contributed by atoms with E-state index in [1.54, 1.807) is 0 Å². The largest absolute Gasteiger partial charge is 0.468 e. The van der Waals surface area contributed by atoms with Crippen LogP contribution in [0.4, 0.5) is 16.2 Å². The first-order valence-corrected chi connectivity index (χ1v) is 9.37. The van der Waals surface area contributed by atoms with Crippen molar-refractivity contribution in [2.45, 2.75) is 6.54 Å². The maximum Gasteiger partial charge on any atom is 0.319 e. The van der Waals surface area contributed by atoms with Crippen LogP contribution < -0.4 is 15.5 Å². The van der Waals surface area contributed by atoms with Crippen molar-refractivity contribution in [3.8, 4) is 0 Å². The van der Waals surface area contributed by atoms with Crippen LogP contribution in [0.2, 0.25) is 0 Å². The van der Waals surface area contributed by atoms with Crippen molar-refractivity contribution in [3.05, 3.63) is 60.2 Å². The summed E-state index contributed by atoms with van der Waals surface area (Å²) in [5.74, 6) is -0.200. The van der Waals surface area contributed by atoms with Crippen molar-refractivity contribution < 1.29 is 14.3 Å². The van der Waals surface area contributed by atoms with Crippen LogP contribution in [-0.2, 0) is 16.1 Å². The number of hydrogen-bond acceptors (Lipinski definition) is 5. The van der Waals surface area contributed by atoms with Gasteiger partial charge in [0.2, 0.25) is 0 Å². The maximum absolute atomic E-state index is 12.0. The van der Waals surface area contributed by atoms with Crippen LogP contribution in [0.3, 0.4) is 0 Å². The number of piperazine rings is 1. The van der Waals surface area contributed by atoms with E-state index in [9.17, 15) is 9.59 Å². The molecule has 2 aromatic rings. The summed E-state index contributed by atoms with van der Waals surface area (Å²) < 4.78 is 4.72. The van der Waals surface area contributed by atoms with Gasteiger partial charge in [-0.15, -0.1) is 0 Å². The maximum atomic E-state index is 12.0. The number of methoxy groups -OCH3 is 1. The molecule has 7 nitrogen and oxygen atoms in total. The number of hydrogen-bond donors (Lipinski definition) is 2. The van der Waals surface area contributed by atoms with E-state index < -0.39 is 0 Å². The van der Waals surface area contributed by atoms with Crippen LogP contribution in [0.15, 0.2) is 54.6 Å². The molecule has 2 amide bonds. The average molecular weight is 382 g/mol. The fourth-order valence-corrected chi connectivity index (χ4v) is 3.12. The molecule has 1 aliphatic rings. The SMILES string of the molecule is COC(=O)CN1CCN(c2ccc(NC(=O)NCc3ccccc3)cc2)CC1. The number of urea groups is 1. The number of benzene rings is 2. The van der Waals surface area contributed by atoms with E-state index in [2.05, 4.69) is 20.4 Å². The number of rotatable bonds is 6. The minimum Gasteiger partial charge on any atom is -0.468 e. The molecule has 1 aliphatic heterocycles. The van der Waals surface area contributed by atoms with Crippen LogP contribution >= 0.6 is 0 Å². The molecule has 0 aliphatic carbocycles. The van der Waals surface area contributed by atoms with E-state index >= 15 is 0 Å². The normalized spacial score (nSPS) is 14.4. The van der Waals surface area contributed by atoms with Gasteiger partial charge in [-0.05, 0) is 29.8 Å². The second-order valence-corrected chi connectivity index (χ2v) is 6.68. The van der Waals surface area contributed by atoms with Gasteiger partial charge in [0.25, 0.3) is 0 Å². The summed E-state index contributed by atoms with van der Waals surface area (Å²) in [5.41, 5.74) is 2.91. The van der Waals surface area contributed by atoms with E-state index in [4.69, 9.17) is 4.74 Å². The molecule has 0 unspecified atom stereocenters. The van der Waals surface area contributed by atoms with Gasteiger partial charge in [0.1, 0.15) is 0 Å². The van der Waals surface area contributed by atoms with Crippen LogP contribution in [0.5, 0.6) is 0 Å². The third kappa shape index (κ3) is 5.72. The molecule has 148 valence electrons. The van der Waals surface area contributed by atoms with Crippen molar-refractivity contribution in [2.75, 3.05) is 50.1 Å². The highest BCUT2D eigenvalue weighted by atomic mass is 16.5. The number of ether oxygens (including phenoxy) is 1. The Bertz CT molecular complexity index is 772. The second-order valence-electron chi connectivity index (χ2n) is 6.68. The molecular weight excluding hydrogens is 356 g/mol. The Labute approximate surface area is 165 Å². The third-order valence-corrected chi connectivity index (χ3v) is 4.74. The lowest BCUT2D eigenvalue weighted by atomic mass is 10.2. The molecule has 0 spiro atoms. The Morgan fingerprint density at radius 2 is 1.64 bits per heavy atom. The molecule has 2 N–H and O–H groups in total. The Hall–Kier alpha value is -3.06. The Morgan fingerprint density at radius 1 is 0.964 bits per heavy atom. The standard InChI is InChI=1S/C21H26N4O3/c1-28-20(26)16-24-11-13-25(14-12-24)19-9-7-18(8-10-19)23-21(27)22-15-17-5-3-2-4-6-17/h2-10H,11-16H2,1H3,(H2,22,23,27). The van der Waals surface area contributed by atoms with Gasteiger partial charge in [0, 0.05) is 44.1 Å². The van der Waals surface area contributed by atoms with Gasteiger partial charge in [-0.25, -0.2) is 4.79 Å². The third-order valence-electron chi connectivity index (χ3n) is 4.74. The first kappa shape index (κ1) is 19.7. The summed E-state index contributed by atoms with van der Waals surface area (Å²) in [5, 5.41) is 5.70. The molecule has 0 atom stereocenters. The predicted octanol–water partition coefficient (Wildman–Crippen LogP) is 2.30. The number of anilines is 2. The summed E-state index contributed by atoms with van der Waals surface area (Å²) in [7, 11) is 1.41. The highest BCUT2D eigenvalue weighted by Crippen LogP contribution is 2.19. The van der Waals surface area contributed by atoms with Gasteiger partial charge in [0.05, 0.1) is 13.7 Å². The lowest BCUT2D eigenvalue weighted by Gasteiger charge is -2.35. The first-order chi connectivity index (χ1) is 13.6. The van der Waals surface area contributed by atoms with E-state index in [0.717, 1.165) is 43.1 Å².